The third-order valence-corrected chi connectivity index (χ3v) is 4.17. The molecule has 0 aliphatic rings. The molecule has 0 heterocycles. The van der Waals surface area contributed by atoms with Crippen LogP contribution in [-0.4, -0.2) is 31.2 Å². The molecule has 2 aromatic carbocycles. The molecule has 0 saturated carbocycles. The Bertz CT molecular complexity index is 835. The number of nitrogens with one attached hydrogen (secondary N) is 1. The van der Waals surface area contributed by atoms with Crippen LogP contribution in [0.25, 0.3) is 0 Å². The molecule has 0 spiro atoms. The Hall–Kier alpha value is -2.80. The van der Waals surface area contributed by atoms with E-state index >= 15 is 0 Å². The minimum atomic E-state index is -0.664. The van der Waals surface area contributed by atoms with E-state index in [0.717, 1.165) is 4.47 Å². The maximum absolute atomic E-state index is 11.6. The average Bonchev–Trinajstić information content (AvgIpc) is 2.71. The maximum atomic E-state index is 11.6. The molecule has 1 atom stereocenters. The molecule has 2 aromatic rings. The van der Waals surface area contributed by atoms with E-state index in [-0.39, 0.29) is 5.90 Å². The normalized spacial score (nSPS) is 11.7. The van der Waals surface area contributed by atoms with Crippen molar-refractivity contribution in [3.8, 4) is 11.5 Å². The van der Waals surface area contributed by atoms with E-state index in [1.807, 2.05) is 24.3 Å². The number of halogens is 1. The zero-order chi connectivity index (χ0) is 21.1. The summed E-state index contributed by atoms with van der Waals surface area (Å²) in [4.78, 5) is 11.6. The average molecular weight is 462 g/mol. The van der Waals surface area contributed by atoms with Crippen LogP contribution >= 0.6 is 15.9 Å². The van der Waals surface area contributed by atoms with E-state index in [0.29, 0.717) is 36.7 Å². The smallest absolute Gasteiger partial charge is 0.347 e. The van der Waals surface area contributed by atoms with Gasteiger partial charge >= 0.3 is 5.97 Å². The van der Waals surface area contributed by atoms with Crippen molar-refractivity contribution in [3.05, 3.63) is 70.9 Å². The molecular weight excluding hydrogens is 438 g/mol. The summed E-state index contributed by atoms with van der Waals surface area (Å²) in [5.41, 5.74) is 0.694. The summed E-state index contributed by atoms with van der Waals surface area (Å²) >= 11 is 3.37. The highest BCUT2D eigenvalue weighted by molar-refractivity contribution is 9.10. The lowest BCUT2D eigenvalue weighted by Crippen LogP contribution is -2.25. The molecular formula is C22H24BrNO5. The van der Waals surface area contributed by atoms with Gasteiger partial charge in [-0.2, -0.15) is 0 Å². The molecule has 1 N–H and O–H groups in total. The molecule has 29 heavy (non-hydrogen) atoms. The van der Waals surface area contributed by atoms with Crippen molar-refractivity contribution in [2.24, 2.45) is 0 Å². The minimum absolute atomic E-state index is 0.0797. The van der Waals surface area contributed by atoms with Gasteiger partial charge in [0.25, 0.3) is 0 Å². The first-order chi connectivity index (χ1) is 14.0. The van der Waals surface area contributed by atoms with E-state index in [4.69, 9.17) is 24.4 Å². The molecule has 6 nitrogen and oxygen atoms in total. The number of esters is 1. The lowest BCUT2D eigenvalue weighted by Gasteiger charge is -2.13. The highest BCUT2D eigenvalue weighted by Crippen LogP contribution is 2.19. The molecule has 0 amide bonds. The Labute approximate surface area is 179 Å². The highest BCUT2D eigenvalue weighted by Gasteiger charge is 2.15. The lowest BCUT2D eigenvalue weighted by molar-refractivity contribution is -0.150. The van der Waals surface area contributed by atoms with Crippen molar-refractivity contribution in [3.63, 3.8) is 0 Å². The van der Waals surface area contributed by atoms with Crippen molar-refractivity contribution >= 4 is 27.8 Å². The summed E-state index contributed by atoms with van der Waals surface area (Å²) in [5, 5.41) is 7.89. The van der Waals surface area contributed by atoms with Gasteiger partial charge in [0, 0.05) is 16.5 Å². The van der Waals surface area contributed by atoms with Crippen LogP contribution in [0.4, 0.5) is 0 Å². The van der Waals surface area contributed by atoms with E-state index in [1.165, 1.54) is 6.26 Å². The quantitative estimate of drug-likeness (QED) is 0.175. The molecule has 0 radical (unpaired) electrons. The molecule has 0 fully saturated rings. The van der Waals surface area contributed by atoms with Crippen molar-refractivity contribution in [1.82, 2.24) is 0 Å². The minimum Gasteiger partial charge on any atom is -0.493 e. The third-order valence-electron chi connectivity index (χ3n) is 3.68. The Kier molecular flexibility index (Phi) is 9.24. The number of hydrogen-bond acceptors (Lipinski definition) is 6. The van der Waals surface area contributed by atoms with Gasteiger partial charge in [-0.3, -0.25) is 5.41 Å². The van der Waals surface area contributed by atoms with Crippen LogP contribution in [0.15, 0.2) is 65.3 Å². The fourth-order valence-corrected chi connectivity index (χ4v) is 2.65. The van der Waals surface area contributed by atoms with Gasteiger partial charge in [-0.05, 0) is 62.4 Å². The van der Waals surface area contributed by atoms with E-state index in [9.17, 15) is 4.79 Å². The monoisotopic (exact) mass is 461 g/mol. The summed E-state index contributed by atoms with van der Waals surface area (Å²) in [5.74, 6) is 0.945. The van der Waals surface area contributed by atoms with Crippen molar-refractivity contribution in [2.45, 2.75) is 26.4 Å². The topological polar surface area (TPSA) is 77.8 Å². The number of rotatable bonds is 10. The predicted molar refractivity (Wildman–Crippen MR) is 114 cm³/mol. The van der Waals surface area contributed by atoms with Gasteiger partial charge < -0.3 is 18.9 Å². The summed E-state index contributed by atoms with van der Waals surface area (Å²) in [6, 6.07) is 14.4. The number of carbonyl (C=O) groups excluding carboxylic acids is 1. The Morgan fingerprint density at radius 2 is 1.90 bits per heavy atom. The molecule has 2 rings (SSSR count). The van der Waals surface area contributed by atoms with Crippen molar-refractivity contribution in [1.29, 1.82) is 5.41 Å². The summed E-state index contributed by atoms with van der Waals surface area (Å²) in [6.07, 6.45) is 3.25. The third kappa shape index (κ3) is 7.99. The predicted octanol–water partition coefficient (Wildman–Crippen LogP) is 5.10. The first-order valence-corrected chi connectivity index (χ1v) is 10.0. The van der Waals surface area contributed by atoms with Crippen LogP contribution in [-0.2, 0) is 14.3 Å². The van der Waals surface area contributed by atoms with Crippen molar-refractivity contribution in [2.75, 3.05) is 13.2 Å². The molecule has 0 saturated heterocycles. The Balaban J connectivity index is 1.69. The van der Waals surface area contributed by atoms with Gasteiger partial charge in [0.15, 0.2) is 6.10 Å². The molecule has 0 aromatic heterocycles. The SMILES string of the molecule is CCOC(=O)C(C)Oc1ccc(OCC/C=C/OC(=N)c2cccc(Br)c2)cc1. The first kappa shape index (κ1) is 22.5. The van der Waals surface area contributed by atoms with Crippen LogP contribution in [0.5, 0.6) is 11.5 Å². The zero-order valence-electron chi connectivity index (χ0n) is 16.4. The first-order valence-electron chi connectivity index (χ1n) is 9.22. The van der Waals surface area contributed by atoms with E-state index < -0.39 is 12.1 Å². The van der Waals surface area contributed by atoms with E-state index in [2.05, 4.69) is 15.9 Å². The van der Waals surface area contributed by atoms with Crippen LogP contribution in [0, 0.1) is 5.41 Å². The second-order valence-electron chi connectivity index (χ2n) is 5.95. The molecule has 0 bridgehead atoms. The number of carbonyl (C=O) groups is 1. The molecule has 7 heteroatoms. The molecule has 154 valence electrons. The molecule has 1 unspecified atom stereocenters. The number of hydrogen-bond donors (Lipinski definition) is 1. The summed E-state index contributed by atoms with van der Waals surface area (Å²) in [6.45, 7) is 4.19. The zero-order valence-corrected chi connectivity index (χ0v) is 18.0. The van der Waals surface area contributed by atoms with Gasteiger partial charge in [-0.1, -0.05) is 22.0 Å². The Morgan fingerprint density at radius 1 is 1.17 bits per heavy atom. The number of benzene rings is 2. The molecule has 0 aliphatic carbocycles. The van der Waals surface area contributed by atoms with Gasteiger partial charge in [0.05, 0.1) is 19.5 Å². The fourth-order valence-electron chi connectivity index (χ4n) is 2.25. The highest BCUT2D eigenvalue weighted by atomic mass is 79.9. The maximum Gasteiger partial charge on any atom is 0.347 e. The van der Waals surface area contributed by atoms with Gasteiger partial charge in [-0.15, -0.1) is 0 Å². The van der Waals surface area contributed by atoms with Crippen LogP contribution in [0.2, 0.25) is 0 Å². The summed E-state index contributed by atoms with van der Waals surface area (Å²) < 4.78 is 22.3. The standard InChI is InChI=1S/C22H24BrNO5/c1-3-26-22(25)16(2)29-20-11-9-19(10-12-20)27-13-4-5-14-28-21(24)17-7-6-8-18(23)15-17/h5-12,14-16,24H,3-4,13H2,1-2H3/b14-5+,24-21?. The second kappa shape index (κ2) is 11.9. The summed E-state index contributed by atoms with van der Waals surface area (Å²) in [7, 11) is 0. The largest absolute Gasteiger partial charge is 0.493 e. The van der Waals surface area contributed by atoms with Gasteiger partial charge in [-0.25, -0.2) is 4.79 Å². The lowest BCUT2D eigenvalue weighted by atomic mass is 10.2. The van der Waals surface area contributed by atoms with E-state index in [1.54, 1.807) is 44.2 Å². The molecule has 0 aliphatic heterocycles. The van der Waals surface area contributed by atoms with Crippen LogP contribution in [0.1, 0.15) is 25.8 Å². The van der Waals surface area contributed by atoms with Crippen LogP contribution < -0.4 is 9.47 Å². The fraction of sp³-hybridized carbons (Fsp3) is 0.273. The Morgan fingerprint density at radius 3 is 2.59 bits per heavy atom. The van der Waals surface area contributed by atoms with Crippen LogP contribution in [0.3, 0.4) is 0 Å². The van der Waals surface area contributed by atoms with Crippen molar-refractivity contribution < 1.29 is 23.7 Å². The van der Waals surface area contributed by atoms with Gasteiger partial charge in [0.2, 0.25) is 5.90 Å². The number of ether oxygens (including phenoxy) is 4. The van der Waals surface area contributed by atoms with Gasteiger partial charge in [0.1, 0.15) is 11.5 Å². The second-order valence-corrected chi connectivity index (χ2v) is 6.87.